The van der Waals surface area contributed by atoms with Gasteiger partial charge in [-0.05, 0) is 90.6 Å². The first-order valence-corrected chi connectivity index (χ1v) is 13.4. The summed E-state index contributed by atoms with van der Waals surface area (Å²) >= 11 is 0. The van der Waals surface area contributed by atoms with Crippen LogP contribution in [0.4, 0.5) is 26.3 Å². The number of hydrogen-bond donors (Lipinski definition) is 0. The van der Waals surface area contributed by atoms with Crippen LogP contribution in [0, 0.1) is 0 Å². The zero-order valence-electron chi connectivity index (χ0n) is 24.5. The van der Waals surface area contributed by atoms with Gasteiger partial charge in [-0.15, -0.1) is 0 Å². The van der Waals surface area contributed by atoms with Gasteiger partial charge in [0, 0.05) is 0 Å². The van der Waals surface area contributed by atoms with Crippen LogP contribution in [0.2, 0.25) is 0 Å². The highest BCUT2D eigenvalue weighted by atomic mass is 19.3. The minimum absolute atomic E-state index is 0.421. The first-order valence-electron chi connectivity index (χ1n) is 13.4. The number of hydrogen-bond acceptors (Lipinski definition) is 6. The molecule has 0 bridgehead atoms. The molecule has 2 aromatic rings. The molecule has 3 aliphatic rings. The minimum Gasteiger partial charge on any atom is -0.447 e. The molecule has 14 heteroatoms. The maximum atomic E-state index is 15.7. The van der Waals surface area contributed by atoms with E-state index in [2.05, 4.69) is 9.47 Å². The van der Waals surface area contributed by atoms with Crippen molar-refractivity contribution in [1.29, 1.82) is 0 Å². The van der Waals surface area contributed by atoms with Crippen molar-refractivity contribution in [2.24, 2.45) is 0 Å². The van der Waals surface area contributed by atoms with Crippen LogP contribution in [-0.2, 0) is 18.6 Å². The van der Waals surface area contributed by atoms with Crippen LogP contribution in [0.3, 0.4) is 0 Å². The Bertz CT molecular complexity index is 1220. The normalized spacial score (nSPS) is 31.5. The number of ether oxygens (including phenoxy) is 2. The van der Waals surface area contributed by atoms with Crippen molar-refractivity contribution < 1.29 is 54.4 Å². The van der Waals surface area contributed by atoms with Crippen molar-refractivity contribution in [3.8, 4) is 11.5 Å². The van der Waals surface area contributed by atoms with Gasteiger partial charge in [-0.3, -0.25) is 0 Å². The fourth-order valence-corrected chi connectivity index (χ4v) is 4.67. The summed E-state index contributed by atoms with van der Waals surface area (Å²) in [5.41, 5.74) is -1.87. The Kier molecular flexibility index (Phi) is 6.69. The summed E-state index contributed by atoms with van der Waals surface area (Å²) in [5, 5.41) is 0. The molecule has 1 saturated carbocycles. The van der Waals surface area contributed by atoms with Crippen LogP contribution in [-0.4, -0.2) is 60.2 Å². The molecule has 228 valence electrons. The second kappa shape index (κ2) is 9.06. The molecule has 2 unspecified atom stereocenters. The maximum Gasteiger partial charge on any atom is 0.494 e. The highest BCUT2D eigenvalue weighted by Gasteiger charge is 3.03. The molecule has 0 aromatic heterocycles. The summed E-state index contributed by atoms with van der Waals surface area (Å²) in [6.45, 7) is 14.6. The van der Waals surface area contributed by atoms with Crippen LogP contribution in [0.1, 0.15) is 55.4 Å². The fraction of sp³-hybridized carbons (Fsp3) is 0.571. The maximum absolute atomic E-state index is 15.7. The first-order chi connectivity index (χ1) is 19.0. The highest BCUT2D eigenvalue weighted by Crippen LogP contribution is 2.68. The van der Waals surface area contributed by atoms with Crippen molar-refractivity contribution in [3.05, 3.63) is 48.5 Å². The lowest BCUT2D eigenvalue weighted by atomic mass is 9.76. The molecule has 0 N–H and O–H groups in total. The average molecular weight is 600 g/mol. The molecule has 2 saturated heterocycles. The average Bonchev–Trinajstić information content (AvgIpc) is 3.23. The molecule has 42 heavy (non-hydrogen) atoms. The van der Waals surface area contributed by atoms with E-state index in [4.69, 9.17) is 18.6 Å². The summed E-state index contributed by atoms with van der Waals surface area (Å²) in [5.74, 6) is -22.2. The summed E-state index contributed by atoms with van der Waals surface area (Å²) in [4.78, 5) is 0. The van der Waals surface area contributed by atoms with Crippen molar-refractivity contribution >= 4 is 25.2 Å². The van der Waals surface area contributed by atoms with E-state index in [0.29, 0.717) is 10.9 Å². The number of alkyl halides is 6. The molecule has 2 aromatic carbocycles. The van der Waals surface area contributed by atoms with Gasteiger partial charge in [0.15, 0.2) is 0 Å². The van der Waals surface area contributed by atoms with Crippen molar-refractivity contribution in [1.82, 2.24) is 0 Å². The van der Waals surface area contributed by atoms with E-state index in [-0.39, 0.29) is 0 Å². The highest BCUT2D eigenvalue weighted by molar-refractivity contribution is 6.62. The molecule has 1 aliphatic carbocycles. The molecule has 0 amide bonds. The Morgan fingerprint density at radius 1 is 0.452 bits per heavy atom. The molecular weight excluding hydrogens is 568 g/mol. The summed E-state index contributed by atoms with van der Waals surface area (Å²) in [6, 6.07) is 9.33. The van der Waals surface area contributed by atoms with Crippen LogP contribution >= 0.6 is 0 Å². The summed E-state index contributed by atoms with van der Waals surface area (Å²) < 4.78 is 122. The van der Waals surface area contributed by atoms with E-state index in [1.165, 1.54) is 24.3 Å². The minimum atomic E-state index is -5.57. The topological polar surface area (TPSA) is 55.4 Å². The van der Waals surface area contributed by atoms with Crippen molar-refractivity contribution in [2.45, 2.75) is 101 Å². The van der Waals surface area contributed by atoms with Gasteiger partial charge < -0.3 is 28.1 Å². The van der Waals surface area contributed by atoms with Gasteiger partial charge in [-0.25, -0.2) is 0 Å². The van der Waals surface area contributed by atoms with Crippen LogP contribution in [0.25, 0.3) is 0 Å². The molecule has 2 atom stereocenters. The predicted octanol–water partition coefficient (Wildman–Crippen LogP) is 5.36. The Morgan fingerprint density at radius 3 is 0.929 bits per heavy atom. The molecule has 5 rings (SSSR count). The van der Waals surface area contributed by atoms with Gasteiger partial charge in [-0.1, -0.05) is 24.3 Å². The number of rotatable bonds is 6. The standard InChI is InChI=1S/C28H32B2F6O6/c1-21(2)22(3,4)40-29(39-21)17-9-13-19(14-10-17)37-27(35)25(31,32)26(33,34)28(27,36)38-20-15-11-18(12-16-20)30-41-23(5,6)24(7,8)42-30/h9-16H,1-8H3. The zero-order chi connectivity index (χ0) is 31.4. The lowest BCUT2D eigenvalue weighted by molar-refractivity contribution is -0.527. The quantitative estimate of drug-likeness (QED) is 0.329. The summed E-state index contributed by atoms with van der Waals surface area (Å²) in [7, 11) is -1.69. The SMILES string of the molecule is CC1(C)OB(c2ccc(OC3(F)C(F)(F)C(F)(F)C3(F)Oc3ccc(B4OC(C)(C)C(C)(C)O4)cc3)cc2)OC1(C)C. The number of benzene rings is 2. The lowest BCUT2D eigenvalue weighted by Crippen LogP contribution is -2.89. The van der Waals surface area contributed by atoms with Crippen molar-refractivity contribution in [2.75, 3.05) is 0 Å². The van der Waals surface area contributed by atoms with E-state index >= 15 is 8.78 Å². The molecule has 0 radical (unpaired) electrons. The molecule has 3 fully saturated rings. The smallest absolute Gasteiger partial charge is 0.447 e. The number of halogens is 6. The molecule has 2 heterocycles. The molecule has 6 nitrogen and oxygen atoms in total. The summed E-state index contributed by atoms with van der Waals surface area (Å²) in [6.07, 6.45) is 0. The van der Waals surface area contributed by atoms with Gasteiger partial charge in [0.25, 0.3) is 0 Å². The fourth-order valence-electron chi connectivity index (χ4n) is 4.67. The third-order valence-corrected chi connectivity index (χ3v) is 8.94. The first kappa shape index (κ1) is 31.0. The van der Waals surface area contributed by atoms with E-state index < -0.39 is 71.7 Å². The monoisotopic (exact) mass is 600 g/mol. The second-order valence-corrected chi connectivity index (χ2v) is 12.9. The van der Waals surface area contributed by atoms with Gasteiger partial charge in [-0.2, -0.15) is 26.3 Å². The Balaban J connectivity index is 1.35. The van der Waals surface area contributed by atoms with Crippen LogP contribution in [0.5, 0.6) is 11.5 Å². The molecule has 2 aliphatic heterocycles. The van der Waals surface area contributed by atoms with Gasteiger partial charge in [0.2, 0.25) is 0 Å². The van der Waals surface area contributed by atoms with Gasteiger partial charge in [0.05, 0.1) is 22.4 Å². The Hall–Kier alpha value is -2.41. The van der Waals surface area contributed by atoms with Gasteiger partial charge >= 0.3 is 37.8 Å². The van der Waals surface area contributed by atoms with Crippen LogP contribution < -0.4 is 20.4 Å². The van der Waals surface area contributed by atoms with E-state index in [1.807, 2.05) is 55.4 Å². The zero-order valence-corrected chi connectivity index (χ0v) is 24.5. The third kappa shape index (κ3) is 4.19. The van der Waals surface area contributed by atoms with E-state index in [1.54, 1.807) is 0 Å². The van der Waals surface area contributed by atoms with Crippen LogP contribution in [0.15, 0.2) is 48.5 Å². The van der Waals surface area contributed by atoms with Crippen molar-refractivity contribution in [3.63, 3.8) is 0 Å². The predicted molar refractivity (Wildman–Crippen MR) is 143 cm³/mol. The molecule has 0 spiro atoms. The largest absolute Gasteiger partial charge is 0.494 e. The molecular formula is C28H32B2F6O6. The van der Waals surface area contributed by atoms with E-state index in [9.17, 15) is 17.6 Å². The Labute approximate surface area is 241 Å². The van der Waals surface area contributed by atoms with Gasteiger partial charge in [0.1, 0.15) is 11.5 Å². The third-order valence-electron chi connectivity index (χ3n) is 8.94. The Morgan fingerprint density at radius 2 is 0.690 bits per heavy atom. The lowest BCUT2D eigenvalue weighted by Gasteiger charge is -2.55. The second-order valence-electron chi connectivity index (χ2n) is 12.9. The van der Waals surface area contributed by atoms with E-state index in [0.717, 1.165) is 24.3 Å².